The van der Waals surface area contributed by atoms with E-state index in [0.717, 1.165) is 19.0 Å². The third-order valence-corrected chi connectivity index (χ3v) is 4.09. The summed E-state index contributed by atoms with van der Waals surface area (Å²) in [5.41, 5.74) is 0.0953. The van der Waals surface area contributed by atoms with Gasteiger partial charge in [0, 0.05) is 39.2 Å². The van der Waals surface area contributed by atoms with Crippen LogP contribution < -0.4 is 5.32 Å². The van der Waals surface area contributed by atoms with Crippen LogP contribution in [0.2, 0.25) is 0 Å². The van der Waals surface area contributed by atoms with Crippen molar-refractivity contribution < 1.29 is 18.3 Å². The molecule has 0 spiro atoms. The van der Waals surface area contributed by atoms with E-state index in [1.54, 1.807) is 7.11 Å². The molecule has 1 saturated heterocycles. The molecule has 0 aromatic heterocycles. The monoisotopic (exact) mass is 299 g/mol. The summed E-state index contributed by atoms with van der Waals surface area (Å²) in [6, 6.07) is 3.40. The normalized spacial score (nSPS) is 19.4. The van der Waals surface area contributed by atoms with Gasteiger partial charge >= 0.3 is 0 Å². The molecule has 1 heterocycles. The molecule has 5 heteroatoms. The molecule has 2 rings (SSSR count). The number of nitrogens with one attached hydrogen (secondary N) is 1. The highest BCUT2D eigenvalue weighted by Gasteiger charge is 2.41. The highest BCUT2D eigenvalue weighted by atomic mass is 19.1. The summed E-state index contributed by atoms with van der Waals surface area (Å²) < 4.78 is 38.3. The maximum Gasteiger partial charge on any atom is 0.126 e. The second-order valence-corrected chi connectivity index (χ2v) is 5.47. The van der Waals surface area contributed by atoms with Crippen molar-refractivity contribution in [2.45, 2.75) is 37.8 Å². The predicted molar refractivity (Wildman–Crippen MR) is 77.2 cm³/mol. The molecule has 1 aliphatic heterocycles. The number of hydrogen-bond acceptors (Lipinski definition) is 3. The van der Waals surface area contributed by atoms with Gasteiger partial charge in [-0.3, -0.25) is 0 Å². The van der Waals surface area contributed by atoms with Gasteiger partial charge in [-0.05, 0) is 30.7 Å². The molecule has 0 radical (unpaired) electrons. The quantitative estimate of drug-likeness (QED) is 0.875. The number of benzene rings is 1. The van der Waals surface area contributed by atoms with E-state index in [2.05, 4.69) is 12.2 Å². The summed E-state index contributed by atoms with van der Waals surface area (Å²) in [5, 5.41) is 3.39. The largest absolute Gasteiger partial charge is 0.381 e. The van der Waals surface area contributed by atoms with Crippen LogP contribution in [0.1, 0.15) is 37.8 Å². The SMILES string of the molecule is CCCNC(c1cc(F)cc(F)c1)C1(OC)CCOCC1. The molecular formula is C16H23F2NO2. The summed E-state index contributed by atoms with van der Waals surface area (Å²) in [6.07, 6.45) is 2.33. The molecule has 0 saturated carbocycles. The molecule has 1 aliphatic rings. The van der Waals surface area contributed by atoms with E-state index in [-0.39, 0.29) is 6.04 Å². The third-order valence-electron chi connectivity index (χ3n) is 4.09. The van der Waals surface area contributed by atoms with Gasteiger partial charge in [-0.15, -0.1) is 0 Å². The number of methoxy groups -OCH3 is 1. The average molecular weight is 299 g/mol. The molecule has 21 heavy (non-hydrogen) atoms. The zero-order valence-corrected chi connectivity index (χ0v) is 12.6. The Morgan fingerprint density at radius 3 is 2.38 bits per heavy atom. The van der Waals surface area contributed by atoms with Crippen molar-refractivity contribution >= 4 is 0 Å². The first-order chi connectivity index (χ1) is 10.1. The molecule has 1 aromatic rings. The Morgan fingerprint density at radius 1 is 1.24 bits per heavy atom. The summed E-state index contributed by atoms with van der Waals surface area (Å²) >= 11 is 0. The molecule has 1 unspecified atom stereocenters. The maximum atomic E-state index is 13.6. The first kappa shape index (κ1) is 16.3. The first-order valence-electron chi connectivity index (χ1n) is 7.43. The first-order valence-corrected chi connectivity index (χ1v) is 7.43. The Hall–Kier alpha value is -1.04. The summed E-state index contributed by atoms with van der Waals surface area (Å²) in [6.45, 7) is 4.00. The number of ether oxygens (including phenoxy) is 2. The molecule has 1 N–H and O–H groups in total. The van der Waals surface area contributed by atoms with Crippen LogP contribution in [-0.2, 0) is 9.47 Å². The van der Waals surface area contributed by atoms with Crippen molar-refractivity contribution in [1.82, 2.24) is 5.32 Å². The third kappa shape index (κ3) is 3.78. The lowest BCUT2D eigenvalue weighted by Crippen LogP contribution is -2.49. The topological polar surface area (TPSA) is 30.5 Å². The zero-order chi connectivity index (χ0) is 15.3. The summed E-state index contributed by atoms with van der Waals surface area (Å²) in [7, 11) is 1.65. The van der Waals surface area contributed by atoms with Crippen LogP contribution >= 0.6 is 0 Å². The van der Waals surface area contributed by atoms with E-state index < -0.39 is 17.2 Å². The van der Waals surface area contributed by atoms with E-state index in [9.17, 15) is 8.78 Å². The van der Waals surface area contributed by atoms with Gasteiger partial charge in [0.25, 0.3) is 0 Å². The van der Waals surface area contributed by atoms with E-state index in [0.29, 0.717) is 31.6 Å². The van der Waals surface area contributed by atoms with Gasteiger partial charge < -0.3 is 14.8 Å². The van der Waals surface area contributed by atoms with Crippen LogP contribution in [0.25, 0.3) is 0 Å². The molecular weight excluding hydrogens is 276 g/mol. The van der Waals surface area contributed by atoms with Crippen molar-refractivity contribution in [3.05, 3.63) is 35.4 Å². The predicted octanol–water partition coefficient (Wildman–Crippen LogP) is 3.20. The highest BCUT2D eigenvalue weighted by Crippen LogP contribution is 2.37. The molecule has 0 aliphatic carbocycles. The Kier molecular flexibility index (Phi) is 5.67. The van der Waals surface area contributed by atoms with E-state index in [1.807, 2.05) is 0 Å². The van der Waals surface area contributed by atoms with E-state index in [1.165, 1.54) is 12.1 Å². The minimum Gasteiger partial charge on any atom is -0.381 e. The van der Waals surface area contributed by atoms with Gasteiger partial charge in [0.15, 0.2) is 0 Å². The fraction of sp³-hybridized carbons (Fsp3) is 0.625. The van der Waals surface area contributed by atoms with Crippen LogP contribution in [0, 0.1) is 11.6 Å². The standard InChI is InChI=1S/C16H23F2NO2/c1-3-6-19-15(12-9-13(17)11-14(18)10-12)16(20-2)4-7-21-8-5-16/h9-11,15,19H,3-8H2,1-2H3. The van der Waals surface area contributed by atoms with Crippen LogP contribution in [0.3, 0.4) is 0 Å². The van der Waals surface area contributed by atoms with Gasteiger partial charge in [-0.2, -0.15) is 0 Å². The molecule has 0 bridgehead atoms. The van der Waals surface area contributed by atoms with Gasteiger partial charge in [0.2, 0.25) is 0 Å². The van der Waals surface area contributed by atoms with Crippen molar-refractivity contribution in [2.24, 2.45) is 0 Å². The lowest BCUT2D eigenvalue weighted by atomic mass is 9.82. The van der Waals surface area contributed by atoms with Crippen molar-refractivity contribution in [1.29, 1.82) is 0 Å². The van der Waals surface area contributed by atoms with Crippen molar-refractivity contribution in [3.8, 4) is 0 Å². The smallest absolute Gasteiger partial charge is 0.126 e. The van der Waals surface area contributed by atoms with Gasteiger partial charge in [0.1, 0.15) is 11.6 Å². The summed E-state index contributed by atoms with van der Waals surface area (Å²) in [5.74, 6) is -1.13. The number of rotatable bonds is 6. The lowest BCUT2D eigenvalue weighted by Gasteiger charge is -2.43. The minimum absolute atomic E-state index is 0.253. The van der Waals surface area contributed by atoms with Crippen molar-refractivity contribution in [3.63, 3.8) is 0 Å². The average Bonchev–Trinajstić information content (AvgIpc) is 2.47. The molecule has 1 aromatic carbocycles. The summed E-state index contributed by atoms with van der Waals surface area (Å²) in [4.78, 5) is 0. The molecule has 0 amide bonds. The van der Waals surface area contributed by atoms with Gasteiger partial charge in [0.05, 0.1) is 11.6 Å². The highest BCUT2D eigenvalue weighted by molar-refractivity contribution is 5.25. The molecule has 1 fully saturated rings. The van der Waals surface area contributed by atoms with Crippen LogP contribution in [0.4, 0.5) is 8.78 Å². The molecule has 3 nitrogen and oxygen atoms in total. The minimum atomic E-state index is -0.563. The maximum absolute atomic E-state index is 13.6. The van der Waals surface area contributed by atoms with Gasteiger partial charge in [-0.1, -0.05) is 6.92 Å². The number of halogens is 2. The Bertz CT molecular complexity index is 441. The van der Waals surface area contributed by atoms with Crippen LogP contribution in [0.5, 0.6) is 0 Å². The van der Waals surface area contributed by atoms with Crippen LogP contribution in [-0.4, -0.2) is 32.5 Å². The van der Waals surface area contributed by atoms with E-state index in [4.69, 9.17) is 9.47 Å². The Morgan fingerprint density at radius 2 is 1.86 bits per heavy atom. The Balaban J connectivity index is 2.35. The van der Waals surface area contributed by atoms with Crippen molar-refractivity contribution in [2.75, 3.05) is 26.9 Å². The second kappa shape index (κ2) is 7.29. The number of hydrogen-bond donors (Lipinski definition) is 1. The van der Waals surface area contributed by atoms with E-state index >= 15 is 0 Å². The fourth-order valence-electron chi connectivity index (χ4n) is 2.97. The van der Waals surface area contributed by atoms with Gasteiger partial charge in [-0.25, -0.2) is 8.78 Å². The second-order valence-electron chi connectivity index (χ2n) is 5.47. The zero-order valence-electron chi connectivity index (χ0n) is 12.6. The van der Waals surface area contributed by atoms with Crippen LogP contribution in [0.15, 0.2) is 18.2 Å². The molecule has 118 valence electrons. The molecule has 1 atom stereocenters. The lowest BCUT2D eigenvalue weighted by molar-refractivity contribution is -0.111. The fourth-order valence-corrected chi connectivity index (χ4v) is 2.97. The Labute approximate surface area is 124 Å².